The molecule has 0 atom stereocenters. The summed E-state index contributed by atoms with van der Waals surface area (Å²) in [5.41, 5.74) is 1.87. The third kappa shape index (κ3) is 3.75. The number of nitrogens with zero attached hydrogens (tertiary/aromatic N) is 2. The summed E-state index contributed by atoms with van der Waals surface area (Å²) in [6.45, 7) is 2.98. The zero-order chi connectivity index (χ0) is 17.8. The van der Waals surface area contributed by atoms with E-state index < -0.39 is 0 Å². The van der Waals surface area contributed by atoms with Crippen molar-refractivity contribution in [2.24, 2.45) is 0 Å². The van der Waals surface area contributed by atoms with Gasteiger partial charge in [0, 0.05) is 37.3 Å². The smallest absolute Gasteiger partial charge is 0.270 e. The SMILES string of the molecule is O=C(NC1CCN(Cc2ccccc2)CC1)c1nccc2ccccc12. The lowest BCUT2D eigenvalue weighted by atomic mass is 10.0. The molecule has 1 aliphatic rings. The number of likely N-dealkylation sites (tertiary alicyclic amines) is 1. The first-order valence-electron chi connectivity index (χ1n) is 9.20. The van der Waals surface area contributed by atoms with Crippen LogP contribution in [0.25, 0.3) is 10.8 Å². The van der Waals surface area contributed by atoms with Crippen LogP contribution in [0.1, 0.15) is 28.9 Å². The van der Waals surface area contributed by atoms with Gasteiger partial charge in [-0.3, -0.25) is 14.7 Å². The summed E-state index contributed by atoms with van der Waals surface area (Å²) in [4.78, 5) is 19.5. The second-order valence-electron chi connectivity index (χ2n) is 6.89. The molecule has 1 aromatic heterocycles. The Hall–Kier alpha value is -2.72. The van der Waals surface area contributed by atoms with Crippen LogP contribution in [0, 0.1) is 0 Å². The van der Waals surface area contributed by atoms with Gasteiger partial charge in [0.05, 0.1) is 0 Å². The minimum Gasteiger partial charge on any atom is -0.348 e. The van der Waals surface area contributed by atoms with Crippen molar-refractivity contribution in [2.75, 3.05) is 13.1 Å². The van der Waals surface area contributed by atoms with Gasteiger partial charge < -0.3 is 5.32 Å². The number of nitrogens with one attached hydrogen (secondary N) is 1. The molecule has 0 unspecified atom stereocenters. The van der Waals surface area contributed by atoms with Gasteiger partial charge in [-0.2, -0.15) is 0 Å². The number of carbonyl (C=O) groups is 1. The van der Waals surface area contributed by atoms with Crippen molar-refractivity contribution in [2.45, 2.75) is 25.4 Å². The molecule has 0 aliphatic carbocycles. The van der Waals surface area contributed by atoms with E-state index in [-0.39, 0.29) is 11.9 Å². The number of pyridine rings is 1. The Bertz CT molecular complexity index is 881. The fourth-order valence-corrected chi connectivity index (χ4v) is 3.63. The topological polar surface area (TPSA) is 45.2 Å². The molecular weight excluding hydrogens is 322 g/mol. The Balaban J connectivity index is 1.36. The van der Waals surface area contributed by atoms with Crippen LogP contribution in [0.15, 0.2) is 66.9 Å². The number of rotatable bonds is 4. The van der Waals surface area contributed by atoms with Gasteiger partial charge in [0.1, 0.15) is 5.69 Å². The Morgan fingerprint density at radius 3 is 2.54 bits per heavy atom. The molecule has 3 aromatic rings. The minimum absolute atomic E-state index is 0.0664. The van der Waals surface area contributed by atoms with Crippen LogP contribution in [-0.4, -0.2) is 34.9 Å². The van der Waals surface area contributed by atoms with Crippen LogP contribution in [0.2, 0.25) is 0 Å². The Labute approximate surface area is 153 Å². The zero-order valence-corrected chi connectivity index (χ0v) is 14.8. The highest BCUT2D eigenvalue weighted by atomic mass is 16.1. The van der Waals surface area contributed by atoms with Gasteiger partial charge in [-0.05, 0) is 29.9 Å². The van der Waals surface area contributed by atoms with E-state index >= 15 is 0 Å². The van der Waals surface area contributed by atoms with Crippen LogP contribution >= 0.6 is 0 Å². The molecule has 4 nitrogen and oxygen atoms in total. The number of piperidine rings is 1. The normalized spacial score (nSPS) is 15.8. The summed E-state index contributed by atoms with van der Waals surface area (Å²) in [6, 6.07) is 20.6. The fraction of sp³-hybridized carbons (Fsp3) is 0.273. The summed E-state index contributed by atoms with van der Waals surface area (Å²) in [7, 11) is 0. The monoisotopic (exact) mass is 345 g/mol. The zero-order valence-electron chi connectivity index (χ0n) is 14.8. The Morgan fingerprint density at radius 1 is 1.00 bits per heavy atom. The van der Waals surface area contributed by atoms with Gasteiger partial charge in [-0.25, -0.2) is 0 Å². The average Bonchev–Trinajstić information content (AvgIpc) is 2.70. The van der Waals surface area contributed by atoms with Gasteiger partial charge in [0.25, 0.3) is 5.91 Å². The predicted molar refractivity (Wildman–Crippen MR) is 104 cm³/mol. The molecule has 4 heteroatoms. The molecule has 0 saturated carbocycles. The number of aromatic nitrogens is 1. The van der Waals surface area contributed by atoms with Gasteiger partial charge in [-0.1, -0.05) is 54.6 Å². The first-order chi connectivity index (χ1) is 12.8. The summed E-state index contributed by atoms with van der Waals surface area (Å²) >= 11 is 0. The molecule has 0 spiro atoms. The van der Waals surface area contributed by atoms with Gasteiger partial charge in [0.2, 0.25) is 0 Å². The molecular formula is C22H23N3O. The quantitative estimate of drug-likeness (QED) is 0.785. The van der Waals surface area contributed by atoms with E-state index in [0.29, 0.717) is 5.69 Å². The molecule has 132 valence electrons. The van der Waals surface area contributed by atoms with E-state index in [2.05, 4.69) is 39.5 Å². The Kier molecular flexibility index (Phi) is 4.93. The first kappa shape index (κ1) is 16.7. The lowest BCUT2D eigenvalue weighted by Gasteiger charge is -2.32. The highest BCUT2D eigenvalue weighted by molar-refractivity contribution is 6.05. The van der Waals surface area contributed by atoms with Crippen molar-refractivity contribution in [1.82, 2.24) is 15.2 Å². The maximum absolute atomic E-state index is 12.7. The molecule has 1 N–H and O–H groups in total. The number of amides is 1. The van der Waals surface area contributed by atoms with Gasteiger partial charge >= 0.3 is 0 Å². The number of carbonyl (C=O) groups excluding carboxylic acids is 1. The summed E-state index contributed by atoms with van der Waals surface area (Å²) in [5, 5.41) is 5.14. The van der Waals surface area contributed by atoms with Crippen LogP contribution in [0.5, 0.6) is 0 Å². The highest BCUT2D eigenvalue weighted by Crippen LogP contribution is 2.18. The molecule has 1 aliphatic heterocycles. The number of hydrogen-bond donors (Lipinski definition) is 1. The maximum Gasteiger partial charge on any atom is 0.270 e. The third-order valence-electron chi connectivity index (χ3n) is 5.06. The second kappa shape index (κ2) is 7.67. The van der Waals surface area contributed by atoms with E-state index in [0.717, 1.165) is 43.2 Å². The summed E-state index contributed by atoms with van der Waals surface area (Å²) in [6.07, 6.45) is 3.66. The van der Waals surface area contributed by atoms with Gasteiger partial charge in [-0.15, -0.1) is 0 Å². The van der Waals surface area contributed by atoms with E-state index in [1.54, 1.807) is 6.20 Å². The average molecular weight is 345 g/mol. The van der Waals surface area contributed by atoms with Crippen molar-refractivity contribution in [3.05, 3.63) is 78.1 Å². The number of benzene rings is 2. The molecule has 2 heterocycles. The Morgan fingerprint density at radius 2 is 1.73 bits per heavy atom. The van der Waals surface area contributed by atoms with Crippen LogP contribution < -0.4 is 5.32 Å². The number of fused-ring (bicyclic) bond motifs is 1. The van der Waals surface area contributed by atoms with Crippen molar-refractivity contribution in [3.8, 4) is 0 Å². The van der Waals surface area contributed by atoms with Crippen molar-refractivity contribution in [1.29, 1.82) is 0 Å². The third-order valence-corrected chi connectivity index (χ3v) is 5.06. The molecule has 0 bridgehead atoms. The van der Waals surface area contributed by atoms with Crippen molar-refractivity contribution in [3.63, 3.8) is 0 Å². The van der Waals surface area contributed by atoms with Crippen LogP contribution in [0.4, 0.5) is 0 Å². The largest absolute Gasteiger partial charge is 0.348 e. The van der Waals surface area contributed by atoms with E-state index in [4.69, 9.17) is 0 Å². The molecule has 1 fully saturated rings. The fourth-order valence-electron chi connectivity index (χ4n) is 3.63. The summed E-state index contributed by atoms with van der Waals surface area (Å²) in [5.74, 6) is -0.0664. The van der Waals surface area contributed by atoms with E-state index in [1.807, 2.05) is 36.4 Å². The van der Waals surface area contributed by atoms with Crippen molar-refractivity contribution < 1.29 is 4.79 Å². The molecule has 4 rings (SSSR count). The molecule has 1 amide bonds. The molecule has 0 radical (unpaired) electrons. The first-order valence-corrected chi connectivity index (χ1v) is 9.20. The highest BCUT2D eigenvalue weighted by Gasteiger charge is 2.22. The number of hydrogen-bond acceptors (Lipinski definition) is 3. The van der Waals surface area contributed by atoms with Crippen LogP contribution in [-0.2, 0) is 6.54 Å². The van der Waals surface area contributed by atoms with Gasteiger partial charge in [0.15, 0.2) is 0 Å². The lowest BCUT2D eigenvalue weighted by Crippen LogP contribution is -2.44. The van der Waals surface area contributed by atoms with Crippen LogP contribution in [0.3, 0.4) is 0 Å². The summed E-state index contributed by atoms with van der Waals surface area (Å²) < 4.78 is 0. The second-order valence-corrected chi connectivity index (χ2v) is 6.89. The standard InChI is InChI=1S/C22H23N3O/c26-22(21-20-9-5-4-8-18(20)10-13-23-21)24-19-11-14-25(15-12-19)16-17-6-2-1-3-7-17/h1-10,13,19H,11-12,14-16H2,(H,24,26). The molecule has 2 aromatic carbocycles. The molecule has 1 saturated heterocycles. The predicted octanol–water partition coefficient (Wildman–Crippen LogP) is 3.63. The maximum atomic E-state index is 12.7. The van der Waals surface area contributed by atoms with E-state index in [9.17, 15) is 4.79 Å². The molecule has 26 heavy (non-hydrogen) atoms. The van der Waals surface area contributed by atoms with E-state index in [1.165, 1.54) is 5.56 Å². The lowest BCUT2D eigenvalue weighted by molar-refractivity contribution is 0.0906. The van der Waals surface area contributed by atoms with Crippen molar-refractivity contribution >= 4 is 16.7 Å². The minimum atomic E-state index is -0.0664.